The summed E-state index contributed by atoms with van der Waals surface area (Å²) in [4.78, 5) is 2.05. The van der Waals surface area contributed by atoms with Crippen molar-refractivity contribution in [3.8, 4) is 0 Å². The summed E-state index contributed by atoms with van der Waals surface area (Å²) in [6, 6.07) is 8.87. The summed E-state index contributed by atoms with van der Waals surface area (Å²) in [5, 5.41) is 11.6. The summed E-state index contributed by atoms with van der Waals surface area (Å²) in [6.45, 7) is 5.86. The van der Waals surface area contributed by atoms with E-state index in [1.54, 1.807) is 29.6 Å². The van der Waals surface area contributed by atoms with Gasteiger partial charge in [0.25, 0.3) is 10.0 Å². The summed E-state index contributed by atoms with van der Waals surface area (Å²) in [5.41, 5.74) is -2.46. The molecule has 0 amide bonds. The van der Waals surface area contributed by atoms with Gasteiger partial charge in [0.15, 0.2) is 5.60 Å². The van der Waals surface area contributed by atoms with Crippen molar-refractivity contribution in [3.63, 3.8) is 0 Å². The minimum atomic E-state index is -4.78. The van der Waals surface area contributed by atoms with Gasteiger partial charge in [-0.3, -0.25) is 0 Å². The third-order valence-electron chi connectivity index (χ3n) is 5.59. The van der Waals surface area contributed by atoms with Crippen LogP contribution in [0.25, 0.3) is 0 Å². The summed E-state index contributed by atoms with van der Waals surface area (Å²) in [6.07, 6.45) is -4.05. The molecule has 1 aliphatic rings. The van der Waals surface area contributed by atoms with Crippen LogP contribution in [0.5, 0.6) is 0 Å². The van der Waals surface area contributed by atoms with Crippen LogP contribution in [0.2, 0.25) is 0 Å². The largest absolute Gasteiger partial charge is 0.421 e. The van der Waals surface area contributed by atoms with E-state index in [0.717, 1.165) is 13.3 Å². The molecule has 0 bridgehead atoms. The molecule has 0 unspecified atom stereocenters. The van der Waals surface area contributed by atoms with Gasteiger partial charge in [0.1, 0.15) is 4.21 Å². The Kier molecular flexibility index (Phi) is 6.76. The van der Waals surface area contributed by atoms with Gasteiger partial charge >= 0.3 is 6.18 Å². The molecule has 2 atom stereocenters. The van der Waals surface area contributed by atoms with E-state index in [0.29, 0.717) is 28.9 Å². The fourth-order valence-electron chi connectivity index (χ4n) is 3.81. The molecule has 1 saturated heterocycles. The lowest BCUT2D eigenvalue weighted by atomic mass is 9.94. The molecule has 1 aromatic heterocycles. The molecule has 5 nitrogen and oxygen atoms in total. The van der Waals surface area contributed by atoms with Gasteiger partial charge in [0.2, 0.25) is 0 Å². The van der Waals surface area contributed by atoms with Gasteiger partial charge < -0.3 is 10.0 Å². The molecule has 31 heavy (non-hydrogen) atoms. The molecule has 1 N–H and O–H groups in total. The lowest BCUT2D eigenvalue weighted by Gasteiger charge is -2.43. The number of hydrogen-bond acceptors (Lipinski definition) is 5. The zero-order valence-corrected chi connectivity index (χ0v) is 19.3. The number of aliphatic hydroxyl groups is 1. The minimum Gasteiger partial charge on any atom is -0.376 e. The van der Waals surface area contributed by atoms with E-state index in [1.807, 2.05) is 4.90 Å². The molecule has 1 aliphatic heterocycles. The highest BCUT2D eigenvalue weighted by Crippen LogP contribution is 2.39. The Balaban J connectivity index is 1.84. The number of anilines is 1. The lowest BCUT2D eigenvalue weighted by molar-refractivity contribution is -0.258. The van der Waals surface area contributed by atoms with Crippen LogP contribution >= 0.6 is 11.3 Å². The van der Waals surface area contributed by atoms with Gasteiger partial charge in [-0.1, -0.05) is 32.0 Å². The monoisotopic (exact) mass is 476 g/mol. The maximum atomic E-state index is 13.1. The van der Waals surface area contributed by atoms with Crippen LogP contribution in [-0.4, -0.2) is 49.7 Å². The second-order valence-corrected chi connectivity index (χ2v) is 11.5. The molecule has 1 fully saturated rings. The summed E-state index contributed by atoms with van der Waals surface area (Å²) in [5.74, 6) is 0.308. The summed E-state index contributed by atoms with van der Waals surface area (Å²) < 4.78 is 67.1. The Labute approximate surface area is 185 Å². The minimum absolute atomic E-state index is 0.113. The average Bonchev–Trinajstić information content (AvgIpc) is 3.22. The second-order valence-electron chi connectivity index (χ2n) is 8.39. The molecule has 2 aromatic rings. The van der Waals surface area contributed by atoms with Crippen LogP contribution in [0.1, 0.15) is 32.8 Å². The highest BCUT2D eigenvalue weighted by Gasteiger charge is 2.51. The summed E-state index contributed by atoms with van der Waals surface area (Å²) in [7, 11) is -3.57. The number of nitrogens with zero attached hydrogens (tertiary/aromatic N) is 2. The van der Waals surface area contributed by atoms with E-state index < -0.39 is 21.8 Å². The number of halogens is 3. The SMILES string of the molecule is CC(C)C[C@H]1CN(S(=O)(=O)c2cccs2)CCN1c1ccc([C@@](C)(O)C(F)(F)F)cc1. The van der Waals surface area contributed by atoms with E-state index in [1.165, 1.54) is 27.8 Å². The lowest BCUT2D eigenvalue weighted by Crippen LogP contribution is -2.55. The zero-order valence-electron chi connectivity index (χ0n) is 17.6. The van der Waals surface area contributed by atoms with Crippen LogP contribution in [-0.2, 0) is 15.6 Å². The maximum Gasteiger partial charge on any atom is 0.421 e. The van der Waals surface area contributed by atoms with E-state index in [4.69, 9.17) is 0 Å². The first-order chi connectivity index (χ1) is 14.3. The predicted octanol–water partition coefficient (Wildman–Crippen LogP) is 4.44. The van der Waals surface area contributed by atoms with Gasteiger partial charge in [-0.2, -0.15) is 17.5 Å². The fourth-order valence-corrected chi connectivity index (χ4v) is 6.42. The van der Waals surface area contributed by atoms with Crippen molar-refractivity contribution in [2.24, 2.45) is 5.92 Å². The molecule has 3 rings (SSSR count). The third-order valence-corrected chi connectivity index (χ3v) is 8.83. The quantitative estimate of drug-likeness (QED) is 0.670. The number of hydrogen-bond donors (Lipinski definition) is 1. The molecule has 172 valence electrons. The Morgan fingerprint density at radius 1 is 1.16 bits per heavy atom. The molecule has 0 spiro atoms. The van der Waals surface area contributed by atoms with Crippen LogP contribution in [0, 0.1) is 5.92 Å². The normalized spacial score (nSPS) is 20.8. The van der Waals surface area contributed by atoms with Crippen LogP contribution < -0.4 is 4.90 Å². The second kappa shape index (κ2) is 8.73. The number of thiophene rings is 1. The molecule has 2 heterocycles. The topological polar surface area (TPSA) is 60.9 Å². The van der Waals surface area contributed by atoms with E-state index in [2.05, 4.69) is 13.8 Å². The molecule has 1 aromatic carbocycles. The Hall–Kier alpha value is -1.62. The predicted molar refractivity (Wildman–Crippen MR) is 116 cm³/mol. The van der Waals surface area contributed by atoms with Crippen molar-refractivity contribution in [2.75, 3.05) is 24.5 Å². The Bertz CT molecular complexity index is 972. The number of benzene rings is 1. The Morgan fingerprint density at radius 2 is 1.81 bits per heavy atom. The van der Waals surface area contributed by atoms with Crippen molar-refractivity contribution in [1.82, 2.24) is 4.31 Å². The standard InChI is InChI=1S/C21H27F3N2O3S2/c1-15(2)13-18-14-25(31(28,29)19-5-4-12-30-19)10-11-26(18)17-8-6-16(7-9-17)20(3,27)21(22,23)24/h4-9,12,15,18,27H,10-11,13-14H2,1-3H3/t18-,20+/m0/s1. The molecule has 10 heteroatoms. The van der Waals surface area contributed by atoms with Crippen molar-refractivity contribution >= 4 is 27.0 Å². The fraction of sp³-hybridized carbons (Fsp3) is 0.524. The van der Waals surface area contributed by atoms with Crippen LogP contribution in [0.4, 0.5) is 18.9 Å². The smallest absolute Gasteiger partial charge is 0.376 e. The average molecular weight is 477 g/mol. The first-order valence-corrected chi connectivity index (χ1v) is 12.4. The molecule has 0 aliphatic carbocycles. The Morgan fingerprint density at radius 3 is 2.32 bits per heavy atom. The molecule has 0 radical (unpaired) electrons. The van der Waals surface area contributed by atoms with Crippen molar-refractivity contribution in [2.45, 2.75) is 49.2 Å². The number of sulfonamides is 1. The van der Waals surface area contributed by atoms with Gasteiger partial charge in [0, 0.05) is 31.4 Å². The van der Waals surface area contributed by atoms with Crippen LogP contribution in [0.15, 0.2) is 46.0 Å². The zero-order chi connectivity index (χ0) is 23.0. The van der Waals surface area contributed by atoms with Crippen molar-refractivity contribution < 1.29 is 26.7 Å². The first-order valence-electron chi connectivity index (χ1n) is 10.0. The van der Waals surface area contributed by atoms with Crippen LogP contribution in [0.3, 0.4) is 0 Å². The third kappa shape index (κ3) is 4.92. The van der Waals surface area contributed by atoms with E-state index in [-0.39, 0.29) is 18.2 Å². The van der Waals surface area contributed by atoms with E-state index in [9.17, 15) is 26.7 Å². The van der Waals surface area contributed by atoms with Gasteiger partial charge in [-0.25, -0.2) is 8.42 Å². The number of rotatable bonds is 6. The molecular weight excluding hydrogens is 449 g/mol. The van der Waals surface area contributed by atoms with Crippen molar-refractivity contribution in [1.29, 1.82) is 0 Å². The van der Waals surface area contributed by atoms with Gasteiger partial charge in [-0.05, 0) is 48.4 Å². The first kappa shape index (κ1) is 24.0. The molecule has 0 saturated carbocycles. The number of alkyl halides is 3. The van der Waals surface area contributed by atoms with Crippen molar-refractivity contribution in [3.05, 3.63) is 47.3 Å². The van der Waals surface area contributed by atoms with Gasteiger partial charge in [-0.15, -0.1) is 11.3 Å². The number of piperazine rings is 1. The van der Waals surface area contributed by atoms with E-state index >= 15 is 0 Å². The highest BCUT2D eigenvalue weighted by molar-refractivity contribution is 7.91. The van der Waals surface area contributed by atoms with Gasteiger partial charge in [0.05, 0.1) is 0 Å². The highest BCUT2D eigenvalue weighted by atomic mass is 32.2. The maximum absolute atomic E-state index is 13.1. The molecular formula is C21H27F3N2O3S2. The summed E-state index contributed by atoms with van der Waals surface area (Å²) >= 11 is 1.18.